The fraction of sp³-hybridized carbons (Fsp3) is 0.526. The Balaban J connectivity index is 1.43. The third-order valence-electron chi connectivity index (χ3n) is 5.24. The third kappa shape index (κ3) is 3.79. The molecule has 0 amide bonds. The van der Waals surface area contributed by atoms with Gasteiger partial charge in [0.2, 0.25) is 0 Å². The summed E-state index contributed by atoms with van der Waals surface area (Å²) >= 11 is 0. The Morgan fingerprint density at radius 1 is 1.24 bits per heavy atom. The highest BCUT2D eigenvalue weighted by Crippen LogP contribution is 2.38. The van der Waals surface area contributed by atoms with Gasteiger partial charge in [-0.25, -0.2) is 14.4 Å². The predicted octanol–water partition coefficient (Wildman–Crippen LogP) is 2.99. The van der Waals surface area contributed by atoms with Crippen LogP contribution in [0.1, 0.15) is 43.0 Å². The van der Waals surface area contributed by atoms with Gasteiger partial charge in [0.1, 0.15) is 17.5 Å². The Hall–Kier alpha value is -2.08. The van der Waals surface area contributed by atoms with Crippen molar-refractivity contribution in [3.05, 3.63) is 47.9 Å². The number of hydrogen-bond acceptors (Lipinski definition) is 5. The third-order valence-corrected chi connectivity index (χ3v) is 5.24. The molecule has 2 aromatic heterocycles. The first-order valence-electron chi connectivity index (χ1n) is 9.07. The predicted molar refractivity (Wildman–Crippen MR) is 94.9 cm³/mol. The molecular weight excluding hydrogens is 317 g/mol. The van der Waals surface area contributed by atoms with E-state index in [1.807, 2.05) is 12.3 Å². The summed E-state index contributed by atoms with van der Waals surface area (Å²) < 4.78 is 13.9. The van der Waals surface area contributed by atoms with Crippen molar-refractivity contribution >= 4 is 5.82 Å². The van der Waals surface area contributed by atoms with Gasteiger partial charge < -0.3 is 4.90 Å². The van der Waals surface area contributed by atoms with Crippen molar-refractivity contribution in [1.82, 2.24) is 19.9 Å². The summed E-state index contributed by atoms with van der Waals surface area (Å²) in [5, 5.41) is 0. The molecule has 6 heteroatoms. The molecule has 1 saturated carbocycles. The molecule has 132 valence electrons. The van der Waals surface area contributed by atoms with E-state index < -0.39 is 0 Å². The zero-order chi connectivity index (χ0) is 17.2. The van der Waals surface area contributed by atoms with Crippen LogP contribution in [0.3, 0.4) is 0 Å². The van der Waals surface area contributed by atoms with E-state index >= 15 is 0 Å². The van der Waals surface area contributed by atoms with Gasteiger partial charge in [-0.3, -0.25) is 9.88 Å². The van der Waals surface area contributed by atoms with E-state index in [1.54, 1.807) is 12.3 Å². The molecule has 0 aromatic carbocycles. The molecule has 2 aliphatic rings. The number of hydrogen-bond donors (Lipinski definition) is 0. The number of anilines is 1. The van der Waals surface area contributed by atoms with Gasteiger partial charge in [-0.2, -0.15) is 0 Å². The number of rotatable bonds is 5. The average molecular weight is 341 g/mol. The van der Waals surface area contributed by atoms with Gasteiger partial charge in [-0.15, -0.1) is 0 Å². The second-order valence-electron chi connectivity index (χ2n) is 7.16. The van der Waals surface area contributed by atoms with Crippen LogP contribution in [0.15, 0.2) is 30.7 Å². The summed E-state index contributed by atoms with van der Waals surface area (Å²) in [5.41, 5.74) is 0.719. The lowest BCUT2D eigenvalue weighted by molar-refractivity contribution is 0.196. The summed E-state index contributed by atoms with van der Waals surface area (Å²) in [6.07, 6.45) is 9.50. The van der Waals surface area contributed by atoms with E-state index in [9.17, 15) is 4.39 Å². The second-order valence-corrected chi connectivity index (χ2v) is 7.16. The smallest absolute Gasteiger partial charge is 0.145 e. The lowest BCUT2D eigenvalue weighted by Crippen LogP contribution is -2.46. The first-order valence-corrected chi connectivity index (χ1v) is 9.07. The molecule has 0 N–H and O–H groups in total. The second kappa shape index (κ2) is 7.04. The molecule has 1 aliphatic heterocycles. The molecular formula is C19H24FN5. The van der Waals surface area contributed by atoms with E-state index in [0.29, 0.717) is 18.5 Å². The van der Waals surface area contributed by atoms with Crippen molar-refractivity contribution in [1.29, 1.82) is 0 Å². The minimum atomic E-state index is -0.220. The number of likely N-dealkylation sites (N-methyl/N-ethyl adjacent to an activating group) is 1. The normalized spacial score (nSPS) is 21.3. The Bertz CT molecular complexity index is 733. The molecule has 4 rings (SSSR count). The zero-order valence-electron chi connectivity index (χ0n) is 14.6. The Morgan fingerprint density at radius 3 is 2.92 bits per heavy atom. The molecule has 0 radical (unpaired) electrons. The van der Waals surface area contributed by atoms with Crippen LogP contribution in [0, 0.1) is 5.82 Å². The van der Waals surface area contributed by atoms with Gasteiger partial charge in [-0.1, -0.05) is 0 Å². The molecule has 25 heavy (non-hydrogen) atoms. The maximum Gasteiger partial charge on any atom is 0.145 e. The topological polar surface area (TPSA) is 45.2 Å². The number of aromatic nitrogens is 3. The van der Waals surface area contributed by atoms with Crippen LogP contribution in [0.4, 0.5) is 10.2 Å². The lowest BCUT2D eigenvalue weighted by atomic mass is 10.0. The van der Waals surface area contributed by atoms with Crippen molar-refractivity contribution in [2.45, 2.75) is 44.2 Å². The maximum absolute atomic E-state index is 13.9. The molecule has 1 saturated heterocycles. The van der Waals surface area contributed by atoms with Crippen LogP contribution in [-0.4, -0.2) is 46.0 Å². The Labute approximate surface area is 147 Å². The molecule has 0 bridgehead atoms. The molecule has 1 atom stereocenters. The molecule has 2 fully saturated rings. The minimum absolute atomic E-state index is 0.220. The lowest BCUT2D eigenvalue weighted by Gasteiger charge is -2.38. The monoisotopic (exact) mass is 341 g/mol. The highest BCUT2D eigenvalue weighted by atomic mass is 19.1. The molecule has 5 nitrogen and oxygen atoms in total. The Morgan fingerprint density at radius 2 is 2.12 bits per heavy atom. The molecule has 2 aromatic rings. The van der Waals surface area contributed by atoms with E-state index in [2.05, 4.69) is 26.8 Å². The fourth-order valence-electron chi connectivity index (χ4n) is 3.55. The van der Waals surface area contributed by atoms with Gasteiger partial charge in [0.15, 0.2) is 0 Å². The Kier molecular flexibility index (Phi) is 4.61. The zero-order valence-corrected chi connectivity index (χ0v) is 14.6. The summed E-state index contributed by atoms with van der Waals surface area (Å²) in [4.78, 5) is 17.6. The first-order chi connectivity index (χ1) is 12.2. The van der Waals surface area contributed by atoms with Gasteiger partial charge in [0, 0.05) is 50.1 Å². The maximum atomic E-state index is 13.9. The van der Waals surface area contributed by atoms with E-state index in [4.69, 9.17) is 4.98 Å². The highest BCUT2D eigenvalue weighted by Gasteiger charge is 2.28. The van der Waals surface area contributed by atoms with Gasteiger partial charge in [0.05, 0.1) is 6.20 Å². The van der Waals surface area contributed by atoms with Crippen LogP contribution in [0.5, 0.6) is 0 Å². The van der Waals surface area contributed by atoms with Crippen molar-refractivity contribution < 1.29 is 4.39 Å². The van der Waals surface area contributed by atoms with Crippen LogP contribution in [-0.2, 0) is 6.54 Å². The summed E-state index contributed by atoms with van der Waals surface area (Å²) in [6.45, 7) is 2.56. The van der Waals surface area contributed by atoms with Crippen molar-refractivity contribution in [3.63, 3.8) is 0 Å². The van der Waals surface area contributed by atoms with Crippen LogP contribution in [0.25, 0.3) is 0 Å². The molecule has 3 heterocycles. The fourth-order valence-corrected chi connectivity index (χ4v) is 3.55. The largest absolute Gasteiger partial charge is 0.355 e. The van der Waals surface area contributed by atoms with Crippen molar-refractivity contribution in [2.75, 3.05) is 25.0 Å². The van der Waals surface area contributed by atoms with Crippen LogP contribution >= 0.6 is 0 Å². The summed E-state index contributed by atoms with van der Waals surface area (Å²) in [5.74, 6) is 2.32. The number of piperidine rings is 1. The van der Waals surface area contributed by atoms with E-state index in [1.165, 1.54) is 19.0 Å². The highest BCUT2D eigenvalue weighted by molar-refractivity contribution is 5.38. The molecule has 1 aliphatic carbocycles. The quantitative estimate of drug-likeness (QED) is 0.837. The number of pyridine rings is 1. The SMILES string of the molecule is CN(c1ccnc(C2CC2)n1)C1CCCN(Cc2ccncc2F)C1. The van der Waals surface area contributed by atoms with Crippen molar-refractivity contribution in [3.8, 4) is 0 Å². The minimum Gasteiger partial charge on any atom is -0.355 e. The van der Waals surface area contributed by atoms with Gasteiger partial charge >= 0.3 is 0 Å². The van der Waals surface area contributed by atoms with E-state index in [-0.39, 0.29) is 5.82 Å². The number of halogens is 1. The van der Waals surface area contributed by atoms with Crippen LogP contribution in [0.2, 0.25) is 0 Å². The molecule has 0 spiro atoms. The molecule has 1 unspecified atom stereocenters. The summed E-state index contributed by atoms with van der Waals surface area (Å²) in [7, 11) is 2.11. The van der Waals surface area contributed by atoms with E-state index in [0.717, 1.165) is 43.1 Å². The number of nitrogens with zero attached hydrogens (tertiary/aromatic N) is 5. The number of likely N-dealkylation sites (tertiary alicyclic amines) is 1. The first kappa shape index (κ1) is 16.4. The summed E-state index contributed by atoms with van der Waals surface area (Å²) in [6, 6.07) is 4.16. The van der Waals surface area contributed by atoms with Gasteiger partial charge in [-0.05, 0) is 44.4 Å². The average Bonchev–Trinajstić information content (AvgIpc) is 3.49. The van der Waals surface area contributed by atoms with Crippen molar-refractivity contribution in [2.24, 2.45) is 0 Å². The standard InChI is InChI=1S/C19H24FN5/c1-24(18-7-9-22-19(23-18)14-4-5-14)16-3-2-10-25(13-16)12-15-6-8-21-11-17(15)20/h6-9,11,14,16H,2-5,10,12-13H2,1H3. The van der Waals surface area contributed by atoms with Crippen LogP contribution < -0.4 is 4.90 Å². The van der Waals surface area contributed by atoms with Gasteiger partial charge in [0.25, 0.3) is 0 Å².